The molecule has 0 radical (unpaired) electrons. The standard InChI is InChI=1S/C27H20ClN3/c28-27(18-10-17-23(19-27)20-11-4-1-5-12-20)26-30-24(21-13-6-2-7-14-21)29-25(31-26)22-15-8-3-9-16-22/h1-18H,19H2/t27-/m0/s1. The molecule has 0 amide bonds. The van der Waals surface area contributed by atoms with Crippen molar-refractivity contribution in [2.75, 3.05) is 0 Å². The van der Waals surface area contributed by atoms with Gasteiger partial charge in [0.1, 0.15) is 4.87 Å². The first-order valence-electron chi connectivity index (χ1n) is 10.2. The highest BCUT2D eigenvalue weighted by Crippen LogP contribution is 2.41. The van der Waals surface area contributed by atoms with Gasteiger partial charge < -0.3 is 0 Å². The van der Waals surface area contributed by atoms with Gasteiger partial charge in [0.2, 0.25) is 0 Å². The van der Waals surface area contributed by atoms with Gasteiger partial charge in [-0.2, -0.15) is 0 Å². The molecule has 0 N–H and O–H groups in total. The van der Waals surface area contributed by atoms with Crippen LogP contribution in [0.15, 0.2) is 109 Å². The van der Waals surface area contributed by atoms with Gasteiger partial charge in [0, 0.05) is 17.5 Å². The molecule has 0 spiro atoms. The highest BCUT2D eigenvalue weighted by Gasteiger charge is 2.34. The SMILES string of the molecule is Cl[C@@]1(c2nc(-c3ccccc3)nc(-c3ccccc3)n2)C=CC=C(c2ccccc2)C1. The van der Waals surface area contributed by atoms with Gasteiger partial charge in [-0.05, 0) is 11.1 Å². The fourth-order valence-electron chi connectivity index (χ4n) is 3.71. The van der Waals surface area contributed by atoms with Gasteiger partial charge in [-0.3, -0.25) is 0 Å². The van der Waals surface area contributed by atoms with Gasteiger partial charge in [0.25, 0.3) is 0 Å². The molecular formula is C27H20ClN3. The van der Waals surface area contributed by atoms with Gasteiger partial charge >= 0.3 is 0 Å². The van der Waals surface area contributed by atoms with E-state index < -0.39 is 4.87 Å². The Morgan fingerprint density at radius 1 is 0.613 bits per heavy atom. The summed E-state index contributed by atoms with van der Waals surface area (Å²) in [6.45, 7) is 0. The first-order valence-corrected chi connectivity index (χ1v) is 10.6. The lowest BCUT2D eigenvalue weighted by Gasteiger charge is -2.27. The molecule has 0 saturated heterocycles. The summed E-state index contributed by atoms with van der Waals surface area (Å²) in [4.78, 5) is 13.5. The summed E-state index contributed by atoms with van der Waals surface area (Å²) < 4.78 is 0. The van der Waals surface area contributed by atoms with Gasteiger partial charge in [-0.1, -0.05) is 109 Å². The molecule has 1 aliphatic carbocycles. The summed E-state index contributed by atoms with van der Waals surface area (Å²) >= 11 is 7.18. The smallest absolute Gasteiger partial charge is 0.163 e. The molecule has 1 atom stereocenters. The molecule has 31 heavy (non-hydrogen) atoms. The Balaban J connectivity index is 1.61. The summed E-state index contributed by atoms with van der Waals surface area (Å²) in [7, 11) is 0. The number of rotatable bonds is 4. The van der Waals surface area contributed by atoms with E-state index >= 15 is 0 Å². The fraction of sp³-hybridized carbons (Fsp3) is 0.0741. The van der Waals surface area contributed by atoms with Gasteiger partial charge in [-0.15, -0.1) is 11.6 Å². The van der Waals surface area contributed by atoms with E-state index in [1.54, 1.807) is 0 Å². The lowest BCUT2D eigenvalue weighted by Crippen LogP contribution is -2.23. The first-order chi connectivity index (χ1) is 15.2. The Morgan fingerprint density at radius 2 is 1.10 bits per heavy atom. The third kappa shape index (κ3) is 4.05. The van der Waals surface area contributed by atoms with Crippen LogP contribution in [0, 0.1) is 0 Å². The molecule has 0 aliphatic heterocycles. The number of allylic oxidation sites excluding steroid dienone is 4. The highest BCUT2D eigenvalue weighted by atomic mass is 35.5. The molecule has 150 valence electrons. The van der Waals surface area contributed by atoms with Crippen molar-refractivity contribution in [1.29, 1.82) is 0 Å². The molecule has 1 heterocycles. The second-order valence-corrected chi connectivity index (χ2v) is 8.17. The van der Waals surface area contributed by atoms with Crippen LogP contribution in [0.1, 0.15) is 17.8 Å². The molecule has 4 heteroatoms. The number of alkyl halides is 1. The van der Waals surface area contributed by atoms with E-state index in [1.807, 2.05) is 91.0 Å². The first kappa shape index (κ1) is 19.4. The lowest BCUT2D eigenvalue weighted by atomic mass is 9.88. The fourth-order valence-corrected chi connectivity index (χ4v) is 4.01. The summed E-state index contributed by atoms with van der Waals surface area (Å²) in [5.41, 5.74) is 4.17. The number of benzene rings is 3. The summed E-state index contributed by atoms with van der Waals surface area (Å²) in [5.74, 6) is 1.79. The number of aromatic nitrogens is 3. The third-order valence-electron chi connectivity index (χ3n) is 5.32. The van der Waals surface area contributed by atoms with Crippen LogP contribution >= 0.6 is 11.6 Å². The average Bonchev–Trinajstić information content (AvgIpc) is 2.85. The zero-order valence-electron chi connectivity index (χ0n) is 16.8. The topological polar surface area (TPSA) is 38.7 Å². The van der Waals surface area contributed by atoms with Crippen LogP contribution in [0.5, 0.6) is 0 Å². The molecule has 3 aromatic carbocycles. The van der Waals surface area contributed by atoms with E-state index in [9.17, 15) is 0 Å². The van der Waals surface area contributed by atoms with Crippen molar-refractivity contribution < 1.29 is 0 Å². The van der Waals surface area contributed by atoms with Gasteiger partial charge in [0.05, 0.1) is 0 Å². The molecule has 1 aliphatic rings. The molecule has 0 saturated carbocycles. The Labute approximate surface area is 186 Å². The minimum atomic E-state index is -0.851. The molecule has 3 nitrogen and oxygen atoms in total. The van der Waals surface area contributed by atoms with Crippen molar-refractivity contribution in [3.05, 3.63) is 121 Å². The molecule has 1 aromatic heterocycles. The van der Waals surface area contributed by atoms with Crippen LogP contribution in [-0.2, 0) is 4.87 Å². The average molecular weight is 422 g/mol. The van der Waals surface area contributed by atoms with Crippen molar-refractivity contribution in [3.63, 3.8) is 0 Å². The maximum atomic E-state index is 7.18. The third-order valence-corrected chi connectivity index (χ3v) is 5.75. The van der Waals surface area contributed by atoms with Crippen molar-refractivity contribution >= 4 is 17.2 Å². The van der Waals surface area contributed by atoms with Crippen LogP contribution < -0.4 is 0 Å². The summed E-state index contributed by atoms with van der Waals surface area (Å²) in [5, 5.41) is 0. The Hall–Kier alpha value is -3.56. The number of hydrogen-bond acceptors (Lipinski definition) is 3. The van der Waals surface area contributed by atoms with Crippen molar-refractivity contribution in [1.82, 2.24) is 15.0 Å². The van der Waals surface area contributed by atoms with Crippen molar-refractivity contribution in [2.45, 2.75) is 11.3 Å². The van der Waals surface area contributed by atoms with E-state index in [2.05, 4.69) is 18.2 Å². The molecule has 0 bridgehead atoms. The Morgan fingerprint density at radius 3 is 1.61 bits per heavy atom. The quantitative estimate of drug-likeness (QED) is 0.345. The Kier molecular flexibility index (Phi) is 5.19. The van der Waals surface area contributed by atoms with Crippen molar-refractivity contribution in [3.8, 4) is 22.8 Å². The largest absolute Gasteiger partial charge is 0.211 e. The van der Waals surface area contributed by atoms with Gasteiger partial charge in [0.15, 0.2) is 17.5 Å². The monoisotopic (exact) mass is 421 g/mol. The minimum Gasteiger partial charge on any atom is -0.211 e. The lowest BCUT2D eigenvalue weighted by molar-refractivity contribution is 0.701. The van der Waals surface area contributed by atoms with E-state index in [0.29, 0.717) is 23.9 Å². The summed E-state index contributed by atoms with van der Waals surface area (Å²) in [6.07, 6.45) is 6.67. The number of halogens is 1. The zero-order valence-corrected chi connectivity index (χ0v) is 17.6. The van der Waals surface area contributed by atoms with E-state index in [1.165, 1.54) is 0 Å². The summed E-state index contributed by atoms with van der Waals surface area (Å²) in [6, 6.07) is 30.2. The molecule has 4 aromatic rings. The van der Waals surface area contributed by atoms with E-state index in [-0.39, 0.29) is 0 Å². The van der Waals surface area contributed by atoms with E-state index in [0.717, 1.165) is 22.3 Å². The predicted molar refractivity (Wildman–Crippen MR) is 126 cm³/mol. The Bertz CT molecular complexity index is 1190. The molecule has 0 unspecified atom stereocenters. The molecular weight excluding hydrogens is 402 g/mol. The van der Waals surface area contributed by atoms with Crippen LogP contribution in [0.25, 0.3) is 28.3 Å². The van der Waals surface area contributed by atoms with Crippen molar-refractivity contribution in [2.24, 2.45) is 0 Å². The normalized spacial score (nSPS) is 17.9. The molecule has 0 fully saturated rings. The molecule has 5 rings (SSSR count). The second-order valence-electron chi connectivity index (χ2n) is 7.49. The van der Waals surface area contributed by atoms with Crippen LogP contribution in [-0.4, -0.2) is 15.0 Å². The van der Waals surface area contributed by atoms with Crippen LogP contribution in [0.4, 0.5) is 0 Å². The predicted octanol–water partition coefficient (Wildman–Crippen LogP) is 6.68. The zero-order chi connectivity index (χ0) is 21.1. The van der Waals surface area contributed by atoms with Gasteiger partial charge in [-0.25, -0.2) is 15.0 Å². The second kappa shape index (κ2) is 8.29. The highest BCUT2D eigenvalue weighted by molar-refractivity contribution is 6.25. The van der Waals surface area contributed by atoms with Crippen LogP contribution in [0.2, 0.25) is 0 Å². The maximum absolute atomic E-state index is 7.18. The number of hydrogen-bond donors (Lipinski definition) is 0. The van der Waals surface area contributed by atoms with Crippen LogP contribution in [0.3, 0.4) is 0 Å². The maximum Gasteiger partial charge on any atom is 0.163 e. The van der Waals surface area contributed by atoms with E-state index in [4.69, 9.17) is 26.6 Å². The number of nitrogens with zero attached hydrogens (tertiary/aromatic N) is 3. The minimum absolute atomic E-state index is 0.555.